The lowest BCUT2D eigenvalue weighted by Gasteiger charge is -2.31. The number of hydrogen-bond acceptors (Lipinski definition) is 3. The Bertz CT molecular complexity index is 480. The minimum atomic E-state index is 0.0188. The number of carbonyl (C=O) groups excluding carboxylic acids is 1. The van der Waals surface area contributed by atoms with Crippen molar-refractivity contribution in [1.82, 2.24) is 10.2 Å². The van der Waals surface area contributed by atoms with E-state index in [1.807, 2.05) is 4.90 Å². The Morgan fingerprint density at radius 1 is 1.33 bits per heavy atom. The number of carbonyl (C=O) groups is 1. The Labute approximate surface area is 126 Å². The lowest BCUT2D eigenvalue weighted by atomic mass is 10.0. The second kappa shape index (κ2) is 6.58. The fraction of sp³-hybridized carbons (Fsp3) is 0.588. The lowest BCUT2D eigenvalue weighted by molar-refractivity contribution is -0.129. The molecule has 0 aliphatic carbocycles. The van der Waals surface area contributed by atoms with Crippen molar-refractivity contribution in [3.05, 3.63) is 35.4 Å². The summed E-state index contributed by atoms with van der Waals surface area (Å²) in [6.07, 6.45) is 3.33. The standard InChI is InChI=1S/C17H24N2O2/c1-2-13-5-7-15(8-6-13)17-18-10-16(20)19(17)11-14-4-3-9-21-12-14/h5-8,14,17-18H,2-4,9-12H2,1H3. The van der Waals surface area contributed by atoms with Crippen molar-refractivity contribution in [2.24, 2.45) is 5.92 Å². The van der Waals surface area contributed by atoms with Crippen LogP contribution in [0, 0.1) is 5.92 Å². The minimum Gasteiger partial charge on any atom is -0.381 e. The molecule has 2 aliphatic rings. The van der Waals surface area contributed by atoms with E-state index in [-0.39, 0.29) is 12.1 Å². The zero-order valence-electron chi connectivity index (χ0n) is 12.7. The van der Waals surface area contributed by atoms with Gasteiger partial charge in [0.15, 0.2) is 0 Å². The highest BCUT2D eigenvalue weighted by molar-refractivity contribution is 5.81. The third-order valence-corrected chi connectivity index (χ3v) is 4.49. The maximum absolute atomic E-state index is 12.2. The van der Waals surface area contributed by atoms with E-state index in [4.69, 9.17) is 4.74 Å². The van der Waals surface area contributed by atoms with Crippen molar-refractivity contribution >= 4 is 5.91 Å². The van der Waals surface area contributed by atoms with Crippen LogP contribution in [-0.4, -0.2) is 37.1 Å². The van der Waals surface area contributed by atoms with Crippen LogP contribution in [-0.2, 0) is 16.0 Å². The first-order valence-electron chi connectivity index (χ1n) is 7.97. The van der Waals surface area contributed by atoms with E-state index in [0.29, 0.717) is 12.5 Å². The molecule has 4 nitrogen and oxygen atoms in total. The molecule has 2 saturated heterocycles. The van der Waals surface area contributed by atoms with E-state index in [1.54, 1.807) is 0 Å². The van der Waals surface area contributed by atoms with E-state index in [1.165, 1.54) is 11.1 Å². The van der Waals surface area contributed by atoms with Crippen LogP contribution >= 0.6 is 0 Å². The van der Waals surface area contributed by atoms with Gasteiger partial charge < -0.3 is 9.64 Å². The third-order valence-electron chi connectivity index (χ3n) is 4.49. The Hall–Kier alpha value is -1.39. The largest absolute Gasteiger partial charge is 0.381 e. The van der Waals surface area contributed by atoms with Gasteiger partial charge in [-0.1, -0.05) is 31.2 Å². The lowest BCUT2D eigenvalue weighted by Crippen LogP contribution is -2.37. The normalized spacial score (nSPS) is 26.3. The van der Waals surface area contributed by atoms with E-state index in [2.05, 4.69) is 36.5 Å². The molecule has 1 aromatic carbocycles. The van der Waals surface area contributed by atoms with E-state index < -0.39 is 0 Å². The van der Waals surface area contributed by atoms with Crippen molar-refractivity contribution in [3.63, 3.8) is 0 Å². The molecule has 2 atom stereocenters. The first-order chi connectivity index (χ1) is 10.3. The zero-order chi connectivity index (χ0) is 14.7. The van der Waals surface area contributed by atoms with Crippen LogP contribution in [0.1, 0.15) is 37.1 Å². The SMILES string of the molecule is CCc1ccc(C2NCC(=O)N2CC2CCCOC2)cc1. The van der Waals surface area contributed by atoms with Crippen LogP contribution in [0.5, 0.6) is 0 Å². The second-order valence-corrected chi connectivity index (χ2v) is 6.01. The summed E-state index contributed by atoms with van der Waals surface area (Å²) in [5.74, 6) is 0.671. The fourth-order valence-corrected chi connectivity index (χ4v) is 3.21. The molecule has 114 valence electrons. The van der Waals surface area contributed by atoms with Crippen LogP contribution in [0.4, 0.5) is 0 Å². The summed E-state index contributed by atoms with van der Waals surface area (Å²) in [5.41, 5.74) is 2.50. The summed E-state index contributed by atoms with van der Waals surface area (Å²) in [5, 5.41) is 3.34. The Morgan fingerprint density at radius 3 is 2.81 bits per heavy atom. The van der Waals surface area contributed by atoms with Gasteiger partial charge in [-0.05, 0) is 30.4 Å². The van der Waals surface area contributed by atoms with Crippen molar-refractivity contribution in [2.45, 2.75) is 32.4 Å². The maximum atomic E-state index is 12.2. The first-order valence-corrected chi connectivity index (χ1v) is 7.97. The molecule has 1 N–H and O–H groups in total. The van der Waals surface area contributed by atoms with E-state index >= 15 is 0 Å². The molecule has 0 aromatic heterocycles. The molecule has 2 unspecified atom stereocenters. The average Bonchev–Trinajstić information content (AvgIpc) is 2.90. The summed E-state index contributed by atoms with van der Waals surface area (Å²) in [7, 11) is 0. The van der Waals surface area contributed by atoms with Crippen molar-refractivity contribution < 1.29 is 9.53 Å². The Kier molecular flexibility index (Phi) is 4.56. The fourth-order valence-electron chi connectivity index (χ4n) is 3.21. The van der Waals surface area contributed by atoms with Crippen LogP contribution in [0.15, 0.2) is 24.3 Å². The Balaban J connectivity index is 1.71. The topological polar surface area (TPSA) is 41.6 Å². The number of ether oxygens (including phenoxy) is 1. The third kappa shape index (κ3) is 3.27. The molecule has 0 spiro atoms. The van der Waals surface area contributed by atoms with Crippen LogP contribution in [0.2, 0.25) is 0 Å². The molecule has 2 aliphatic heterocycles. The van der Waals surface area contributed by atoms with Crippen LogP contribution < -0.4 is 5.32 Å². The zero-order valence-corrected chi connectivity index (χ0v) is 12.7. The highest BCUT2D eigenvalue weighted by atomic mass is 16.5. The van der Waals surface area contributed by atoms with Gasteiger partial charge in [0.05, 0.1) is 13.2 Å². The minimum absolute atomic E-state index is 0.0188. The second-order valence-electron chi connectivity index (χ2n) is 6.01. The molecular formula is C17H24N2O2. The number of hydrogen-bond donors (Lipinski definition) is 1. The van der Waals surface area contributed by atoms with Crippen LogP contribution in [0.25, 0.3) is 0 Å². The molecule has 3 rings (SSSR count). The van der Waals surface area contributed by atoms with Gasteiger partial charge in [0.1, 0.15) is 6.17 Å². The predicted molar refractivity (Wildman–Crippen MR) is 81.8 cm³/mol. The molecule has 0 saturated carbocycles. The summed E-state index contributed by atoms with van der Waals surface area (Å²) in [6.45, 7) is 5.04. The van der Waals surface area contributed by atoms with Crippen LogP contribution in [0.3, 0.4) is 0 Å². The van der Waals surface area contributed by atoms with Gasteiger partial charge in [-0.2, -0.15) is 0 Å². The molecule has 0 radical (unpaired) electrons. The average molecular weight is 288 g/mol. The Morgan fingerprint density at radius 2 is 2.14 bits per heavy atom. The van der Waals surface area contributed by atoms with Crippen molar-refractivity contribution in [1.29, 1.82) is 0 Å². The van der Waals surface area contributed by atoms with Gasteiger partial charge in [0, 0.05) is 19.1 Å². The number of rotatable bonds is 4. The summed E-state index contributed by atoms with van der Waals surface area (Å²) in [6, 6.07) is 8.59. The van der Waals surface area contributed by atoms with E-state index in [0.717, 1.165) is 39.0 Å². The number of nitrogens with one attached hydrogen (secondary N) is 1. The smallest absolute Gasteiger partial charge is 0.238 e. The highest BCUT2D eigenvalue weighted by Crippen LogP contribution is 2.26. The van der Waals surface area contributed by atoms with Gasteiger partial charge in [-0.15, -0.1) is 0 Å². The molecular weight excluding hydrogens is 264 g/mol. The van der Waals surface area contributed by atoms with Crippen molar-refractivity contribution in [3.8, 4) is 0 Å². The van der Waals surface area contributed by atoms with Gasteiger partial charge in [-0.3, -0.25) is 10.1 Å². The molecule has 2 fully saturated rings. The summed E-state index contributed by atoms with van der Waals surface area (Å²) < 4.78 is 5.54. The molecule has 4 heteroatoms. The molecule has 1 amide bonds. The first kappa shape index (κ1) is 14.5. The monoisotopic (exact) mass is 288 g/mol. The molecule has 0 bridgehead atoms. The molecule has 1 aromatic rings. The molecule has 21 heavy (non-hydrogen) atoms. The summed E-state index contributed by atoms with van der Waals surface area (Å²) in [4.78, 5) is 14.2. The van der Waals surface area contributed by atoms with Crippen molar-refractivity contribution in [2.75, 3.05) is 26.3 Å². The quantitative estimate of drug-likeness (QED) is 0.922. The highest BCUT2D eigenvalue weighted by Gasteiger charge is 2.33. The number of nitrogens with zero attached hydrogens (tertiary/aromatic N) is 1. The number of benzene rings is 1. The number of aryl methyl sites for hydroxylation is 1. The summed E-state index contributed by atoms with van der Waals surface area (Å²) >= 11 is 0. The van der Waals surface area contributed by atoms with E-state index in [9.17, 15) is 4.79 Å². The predicted octanol–water partition coefficient (Wildman–Crippen LogP) is 2.11. The van der Waals surface area contributed by atoms with Gasteiger partial charge in [0.25, 0.3) is 0 Å². The van der Waals surface area contributed by atoms with Gasteiger partial charge in [-0.25, -0.2) is 0 Å². The number of amides is 1. The van der Waals surface area contributed by atoms with Gasteiger partial charge in [0.2, 0.25) is 5.91 Å². The maximum Gasteiger partial charge on any atom is 0.238 e. The van der Waals surface area contributed by atoms with Gasteiger partial charge >= 0.3 is 0 Å². The molecule has 2 heterocycles.